The van der Waals surface area contributed by atoms with Gasteiger partial charge in [-0.2, -0.15) is 10.2 Å². The SMILES string of the molecule is C[C@@H]1CN(c2cc(-c3[nH]nc4c(-c5cc(OC6(C)CC6)cc6c(-c7cc(N8CCN(C)CC8)ncn7)[nH]nc56)cc(OC5(C)CC5)cc34)ncn2)CCO1. The fraction of sp³-hybridized carbons (Fsp3) is 0.450. The molecule has 2 aliphatic carbocycles. The molecule has 4 aliphatic rings. The lowest BCUT2D eigenvalue weighted by Gasteiger charge is -2.33. The molecule has 54 heavy (non-hydrogen) atoms. The molecular formula is C40H45N11O3. The smallest absolute Gasteiger partial charge is 0.132 e. The third kappa shape index (κ3) is 6.26. The van der Waals surface area contributed by atoms with Crippen molar-refractivity contribution in [1.82, 2.24) is 45.2 Å². The van der Waals surface area contributed by atoms with Gasteiger partial charge in [0.15, 0.2) is 0 Å². The van der Waals surface area contributed by atoms with Crippen LogP contribution in [0.5, 0.6) is 11.5 Å². The number of fused-ring (bicyclic) bond motifs is 2. The van der Waals surface area contributed by atoms with Gasteiger partial charge in [-0.1, -0.05) is 0 Å². The quantitative estimate of drug-likeness (QED) is 0.184. The van der Waals surface area contributed by atoms with Crippen molar-refractivity contribution in [3.05, 3.63) is 49.1 Å². The van der Waals surface area contributed by atoms with E-state index in [1.165, 1.54) is 0 Å². The summed E-state index contributed by atoms with van der Waals surface area (Å²) < 4.78 is 19.2. The Hall–Kier alpha value is -5.34. The number of morpholine rings is 1. The molecule has 2 aromatic carbocycles. The van der Waals surface area contributed by atoms with Gasteiger partial charge in [0.1, 0.15) is 58.0 Å². The molecule has 2 saturated carbocycles. The first-order chi connectivity index (χ1) is 26.2. The van der Waals surface area contributed by atoms with E-state index in [1.54, 1.807) is 12.7 Å². The summed E-state index contributed by atoms with van der Waals surface area (Å²) in [5.74, 6) is 3.32. The number of nitrogens with zero attached hydrogens (tertiary/aromatic N) is 9. The van der Waals surface area contributed by atoms with E-state index in [-0.39, 0.29) is 17.3 Å². The van der Waals surface area contributed by atoms with E-state index >= 15 is 0 Å². The highest BCUT2D eigenvalue weighted by Crippen LogP contribution is 2.47. The number of aromatic nitrogens is 8. The third-order valence-electron chi connectivity index (χ3n) is 11.4. The van der Waals surface area contributed by atoms with E-state index in [0.29, 0.717) is 6.61 Å². The van der Waals surface area contributed by atoms with E-state index in [2.05, 4.69) is 93.0 Å². The number of aromatic amines is 2. The summed E-state index contributed by atoms with van der Waals surface area (Å²) in [5.41, 5.74) is 6.14. The Morgan fingerprint density at radius 1 is 0.667 bits per heavy atom. The van der Waals surface area contributed by atoms with Crippen molar-refractivity contribution in [3.8, 4) is 45.4 Å². The van der Waals surface area contributed by atoms with Gasteiger partial charge in [0.2, 0.25) is 0 Å². The van der Waals surface area contributed by atoms with Crippen LogP contribution in [0.3, 0.4) is 0 Å². The summed E-state index contributed by atoms with van der Waals surface area (Å²) >= 11 is 0. The van der Waals surface area contributed by atoms with Crippen LogP contribution < -0.4 is 19.3 Å². The van der Waals surface area contributed by atoms with E-state index in [0.717, 1.165) is 144 Å². The first kappa shape index (κ1) is 33.2. The molecule has 0 bridgehead atoms. The first-order valence-corrected chi connectivity index (χ1v) is 19.1. The molecule has 2 N–H and O–H groups in total. The Bertz CT molecular complexity index is 2370. The van der Waals surface area contributed by atoms with Crippen LogP contribution >= 0.6 is 0 Å². The maximum Gasteiger partial charge on any atom is 0.132 e. The monoisotopic (exact) mass is 727 g/mol. The van der Waals surface area contributed by atoms with Crippen LogP contribution in [0, 0.1) is 0 Å². The van der Waals surface area contributed by atoms with Crippen molar-refractivity contribution >= 4 is 33.4 Å². The molecule has 1 atom stereocenters. The van der Waals surface area contributed by atoms with Gasteiger partial charge < -0.3 is 28.9 Å². The zero-order valence-corrected chi connectivity index (χ0v) is 31.2. The number of likely N-dealkylation sites (N-methyl/N-ethyl adjacent to an activating group) is 1. The molecule has 0 spiro atoms. The lowest BCUT2D eigenvalue weighted by Crippen LogP contribution is -2.44. The van der Waals surface area contributed by atoms with Gasteiger partial charge in [0.05, 0.1) is 35.5 Å². The Labute approximate surface area is 313 Å². The van der Waals surface area contributed by atoms with Crippen molar-refractivity contribution < 1.29 is 14.2 Å². The summed E-state index contributed by atoms with van der Waals surface area (Å²) in [6.07, 6.45) is 7.45. The summed E-state index contributed by atoms with van der Waals surface area (Å²) in [6, 6.07) is 12.5. The lowest BCUT2D eigenvalue weighted by atomic mass is 9.97. The van der Waals surface area contributed by atoms with Gasteiger partial charge in [-0.3, -0.25) is 10.2 Å². The second-order valence-electron chi connectivity index (χ2n) is 16.0. The van der Waals surface area contributed by atoms with Crippen molar-refractivity contribution in [3.63, 3.8) is 0 Å². The Morgan fingerprint density at radius 2 is 1.19 bits per heavy atom. The number of ether oxygens (including phenoxy) is 3. The molecule has 2 saturated heterocycles. The predicted molar refractivity (Wildman–Crippen MR) is 207 cm³/mol. The third-order valence-corrected chi connectivity index (χ3v) is 11.4. The van der Waals surface area contributed by atoms with Crippen molar-refractivity contribution in [1.29, 1.82) is 0 Å². The van der Waals surface area contributed by atoms with E-state index < -0.39 is 0 Å². The lowest BCUT2D eigenvalue weighted by molar-refractivity contribution is 0.0529. The molecule has 10 rings (SSSR count). The van der Waals surface area contributed by atoms with Crippen LogP contribution in [0.4, 0.5) is 11.6 Å². The molecule has 278 valence electrons. The number of anilines is 2. The molecule has 6 aromatic rings. The molecule has 0 radical (unpaired) electrons. The molecule has 14 nitrogen and oxygen atoms in total. The van der Waals surface area contributed by atoms with Crippen LogP contribution in [-0.2, 0) is 4.74 Å². The fourth-order valence-corrected chi connectivity index (χ4v) is 7.60. The van der Waals surface area contributed by atoms with Gasteiger partial charge >= 0.3 is 0 Å². The minimum atomic E-state index is -0.196. The van der Waals surface area contributed by atoms with Crippen LogP contribution in [0.15, 0.2) is 49.1 Å². The second kappa shape index (κ2) is 12.6. The summed E-state index contributed by atoms with van der Waals surface area (Å²) in [6.45, 7) is 12.4. The summed E-state index contributed by atoms with van der Waals surface area (Å²) in [7, 11) is 2.16. The zero-order chi connectivity index (χ0) is 36.6. The van der Waals surface area contributed by atoms with Gasteiger partial charge in [0.25, 0.3) is 0 Å². The Kier molecular flexibility index (Phi) is 7.77. The van der Waals surface area contributed by atoms with Crippen LogP contribution in [0.1, 0.15) is 46.5 Å². The highest BCUT2D eigenvalue weighted by Gasteiger charge is 2.41. The van der Waals surface area contributed by atoms with E-state index in [4.69, 9.17) is 34.4 Å². The maximum atomic E-state index is 6.68. The molecule has 4 aromatic heterocycles. The minimum Gasteiger partial charge on any atom is -0.488 e. The van der Waals surface area contributed by atoms with Gasteiger partial charge in [-0.15, -0.1) is 0 Å². The summed E-state index contributed by atoms with van der Waals surface area (Å²) in [5, 5.41) is 18.4. The number of piperazine rings is 1. The van der Waals surface area contributed by atoms with E-state index in [1.807, 2.05) is 6.07 Å². The number of H-pyrrole nitrogens is 2. The maximum absolute atomic E-state index is 6.68. The van der Waals surface area contributed by atoms with E-state index in [9.17, 15) is 0 Å². The average molecular weight is 728 g/mol. The van der Waals surface area contributed by atoms with Gasteiger partial charge in [-0.05, 0) is 77.8 Å². The normalized spacial score (nSPS) is 20.8. The van der Waals surface area contributed by atoms with Gasteiger partial charge in [0, 0.05) is 73.3 Å². The fourth-order valence-electron chi connectivity index (χ4n) is 7.60. The highest BCUT2D eigenvalue weighted by molar-refractivity contribution is 6.09. The Balaban J connectivity index is 1.12. The molecule has 2 aliphatic heterocycles. The number of hydrogen-bond donors (Lipinski definition) is 2. The van der Waals surface area contributed by atoms with Crippen LogP contribution in [0.25, 0.3) is 55.7 Å². The number of rotatable bonds is 9. The summed E-state index contributed by atoms with van der Waals surface area (Å²) in [4.78, 5) is 25.6. The number of benzene rings is 2. The second-order valence-corrected chi connectivity index (χ2v) is 16.0. The first-order valence-electron chi connectivity index (χ1n) is 19.1. The molecule has 4 fully saturated rings. The highest BCUT2D eigenvalue weighted by atomic mass is 16.5. The topological polar surface area (TPSA) is 146 Å². The molecule has 6 heterocycles. The number of nitrogens with one attached hydrogen (secondary N) is 2. The molecule has 14 heteroatoms. The van der Waals surface area contributed by atoms with Crippen molar-refractivity contribution in [2.75, 3.05) is 62.7 Å². The van der Waals surface area contributed by atoms with Crippen molar-refractivity contribution in [2.45, 2.75) is 63.8 Å². The van der Waals surface area contributed by atoms with Crippen LogP contribution in [-0.4, -0.2) is 115 Å². The van der Waals surface area contributed by atoms with Crippen molar-refractivity contribution in [2.24, 2.45) is 0 Å². The van der Waals surface area contributed by atoms with Crippen LogP contribution in [0.2, 0.25) is 0 Å². The molecule has 0 unspecified atom stereocenters. The molecule has 0 amide bonds. The standard InChI is InChI=1S/C40H45N11O3/c1-24-21-51(13-14-52-24)34-20-32(42-23-44-34)38-30-18-26(54-40(3)7-8-40)16-28(36(30)46-48-38)27-15-25(53-39(2)5-6-39)17-29-35(27)45-47-37(29)31-19-33(43-22-41-31)50-11-9-49(4)10-12-50/h15-20,22-24H,5-14,21H2,1-4H3,(H,45,47)(H,46,48)/t24-/m1/s1. The minimum absolute atomic E-state index is 0.131. The van der Waals surface area contributed by atoms with Gasteiger partial charge in [-0.25, -0.2) is 19.9 Å². The predicted octanol–water partition coefficient (Wildman–Crippen LogP) is 5.86. The largest absolute Gasteiger partial charge is 0.488 e. The molecular weight excluding hydrogens is 683 g/mol. The average Bonchev–Trinajstić information content (AvgIpc) is 3.97. The Morgan fingerprint density at radius 3 is 1.69 bits per heavy atom. The zero-order valence-electron chi connectivity index (χ0n) is 31.2. The number of hydrogen-bond acceptors (Lipinski definition) is 12.